The molecule has 4 heterocycles. The summed E-state index contributed by atoms with van der Waals surface area (Å²) in [6.45, 7) is 0.588. The van der Waals surface area contributed by atoms with Gasteiger partial charge in [-0.2, -0.15) is 0 Å². The molecule has 52 heavy (non-hydrogen) atoms. The molecule has 0 amide bonds. The lowest BCUT2D eigenvalue weighted by molar-refractivity contribution is -0.190. The van der Waals surface area contributed by atoms with E-state index in [0.29, 0.717) is 51.0 Å². The molecule has 0 fully saturated rings. The second kappa shape index (κ2) is 14.1. The Morgan fingerprint density at radius 2 is 1.44 bits per heavy atom. The monoisotopic (exact) mass is 706 g/mol. The number of methoxy groups -OCH3 is 2. The first-order chi connectivity index (χ1) is 25.2. The van der Waals surface area contributed by atoms with Crippen molar-refractivity contribution in [2.45, 2.75) is 38.7 Å². The SMILES string of the molecule is CC[C@@]1(OC(=O)COc2ccc(OC)cc2)C(=O)OCc2c1cc1n(c2=O)Cc2c-1nc1ccccc1c2COC(=O)COc1ccc(OC)cc1. The maximum Gasteiger partial charge on any atom is 0.355 e. The van der Waals surface area contributed by atoms with E-state index in [4.69, 9.17) is 38.1 Å². The van der Waals surface area contributed by atoms with Gasteiger partial charge in [-0.25, -0.2) is 19.4 Å². The van der Waals surface area contributed by atoms with Gasteiger partial charge >= 0.3 is 17.9 Å². The fourth-order valence-corrected chi connectivity index (χ4v) is 6.48. The van der Waals surface area contributed by atoms with Gasteiger partial charge in [0.2, 0.25) is 5.60 Å². The predicted octanol–water partition coefficient (Wildman–Crippen LogP) is 4.85. The second-order valence-electron chi connectivity index (χ2n) is 12.1. The number of pyridine rings is 2. The summed E-state index contributed by atoms with van der Waals surface area (Å²) in [7, 11) is 3.10. The average Bonchev–Trinajstić information content (AvgIpc) is 3.54. The fraction of sp³-hybridized carbons (Fsp3) is 0.256. The molecular formula is C39H34N2O11. The van der Waals surface area contributed by atoms with Gasteiger partial charge in [-0.1, -0.05) is 25.1 Å². The number of carbonyl (C=O) groups is 3. The van der Waals surface area contributed by atoms with Crippen molar-refractivity contribution in [2.75, 3.05) is 27.4 Å². The van der Waals surface area contributed by atoms with Gasteiger partial charge in [0, 0.05) is 22.1 Å². The number of carbonyl (C=O) groups excluding carboxylic acids is 3. The van der Waals surface area contributed by atoms with Gasteiger partial charge in [-0.05, 0) is 67.1 Å². The smallest absolute Gasteiger partial charge is 0.355 e. The fourth-order valence-electron chi connectivity index (χ4n) is 6.48. The summed E-state index contributed by atoms with van der Waals surface area (Å²) in [6.07, 6.45) is -0.00614. The van der Waals surface area contributed by atoms with E-state index in [1.807, 2.05) is 24.3 Å². The minimum atomic E-state index is -1.90. The van der Waals surface area contributed by atoms with Crippen LogP contribution in [0.4, 0.5) is 0 Å². The number of para-hydroxylation sites is 1. The van der Waals surface area contributed by atoms with Crippen LogP contribution < -0.4 is 24.5 Å². The molecule has 7 rings (SSSR count). The third-order valence-electron chi connectivity index (χ3n) is 9.18. The molecule has 0 unspecified atom stereocenters. The lowest BCUT2D eigenvalue weighted by Gasteiger charge is -2.35. The normalized spacial score (nSPS) is 15.5. The van der Waals surface area contributed by atoms with Crippen LogP contribution in [0, 0.1) is 0 Å². The summed E-state index contributed by atoms with van der Waals surface area (Å²) in [5, 5.41) is 0.753. The van der Waals surface area contributed by atoms with Gasteiger partial charge in [0.1, 0.15) is 36.2 Å². The summed E-state index contributed by atoms with van der Waals surface area (Å²) < 4.78 is 40.0. The molecule has 5 aromatic rings. The molecule has 13 nitrogen and oxygen atoms in total. The molecule has 0 saturated carbocycles. The molecule has 2 aliphatic heterocycles. The highest BCUT2D eigenvalue weighted by Crippen LogP contribution is 2.42. The van der Waals surface area contributed by atoms with E-state index in [1.165, 1.54) is 7.11 Å². The van der Waals surface area contributed by atoms with Crippen molar-refractivity contribution in [3.63, 3.8) is 0 Å². The molecule has 0 saturated heterocycles. The van der Waals surface area contributed by atoms with Gasteiger partial charge < -0.3 is 37.7 Å². The first-order valence-corrected chi connectivity index (χ1v) is 16.5. The number of hydrogen-bond donors (Lipinski definition) is 0. The highest BCUT2D eigenvalue weighted by Gasteiger charge is 2.50. The van der Waals surface area contributed by atoms with Gasteiger partial charge in [0.25, 0.3) is 5.56 Å². The van der Waals surface area contributed by atoms with Crippen LogP contribution >= 0.6 is 0 Å². The number of aromatic nitrogens is 2. The number of cyclic esters (lactones) is 1. The van der Waals surface area contributed by atoms with Crippen LogP contribution in [-0.4, -0.2) is 54.9 Å². The van der Waals surface area contributed by atoms with E-state index in [0.717, 1.165) is 5.39 Å². The van der Waals surface area contributed by atoms with Gasteiger partial charge in [-0.3, -0.25) is 4.79 Å². The van der Waals surface area contributed by atoms with Crippen LogP contribution in [0.25, 0.3) is 22.3 Å². The molecule has 2 aromatic heterocycles. The largest absolute Gasteiger partial charge is 0.497 e. The van der Waals surface area contributed by atoms with Crippen LogP contribution in [0.3, 0.4) is 0 Å². The number of ether oxygens (including phenoxy) is 7. The standard InChI is InChI=1S/C39H34N2O11/c1-4-39(52-35(43)22-49-26-15-11-24(47-3)12-16-26)31-17-33-36-28(18-41(33)37(44)30(31)20-51-38(39)45)29(27-7-5-6-8-32(27)40-36)19-50-34(42)21-48-25-13-9-23(46-2)10-14-25/h5-17H,4,18-22H2,1-3H3/t39-/m0/s1. The second-order valence-corrected chi connectivity index (χ2v) is 12.1. The predicted molar refractivity (Wildman–Crippen MR) is 185 cm³/mol. The summed E-state index contributed by atoms with van der Waals surface area (Å²) in [6, 6.07) is 22.5. The molecule has 0 aliphatic carbocycles. The average molecular weight is 707 g/mol. The van der Waals surface area contributed by atoms with Crippen molar-refractivity contribution >= 4 is 28.8 Å². The molecule has 0 radical (unpaired) electrons. The summed E-state index contributed by atoms with van der Waals surface area (Å²) in [5.74, 6) is -0.0563. The number of benzene rings is 3. The van der Waals surface area contributed by atoms with E-state index in [2.05, 4.69) is 0 Å². The Morgan fingerprint density at radius 1 is 0.827 bits per heavy atom. The van der Waals surface area contributed by atoms with E-state index in [-0.39, 0.29) is 43.9 Å². The van der Waals surface area contributed by atoms with Crippen LogP contribution in [0.1, 0.15) is 35.6 Å². The Labute approximate surface area is 297 Å². The van der Waals surface area contributed by atoms with Crippen molar-refractivity contribution in [3.8, 4) is 34.4 Å². The van der Waals surface area contributed by atoms with Crippen LogP contribution in [0.15, 0.2) is 83.7 Å². The van der Waals surface area contributed by atoms with E-state index in [1.54, 1.807) is 73.2 Å². The van der Waals surface area contributed by atoms with Crippen molar-refractivity contribution in [3.05, 3.63) is 111 Å². The van der Waals surface area contributed by atoms with Crippen LogP contribution in [-0.2, 0) is 54.0 Å². The number of nitrogens with zero attached hydrogens (tertiary/aromatic N) is 2. The van der Waals surface area contributed by atoms with Crippen molar-refractivity contribution in [1.82, 2.24) is 9.55 Å². The Bertz CT molecular complexity index is 2250. The lowest BCUT2D eigenvalue weighted by atomic mass is 9.85. The molecule has 0 spiro atoms. The minimum absolute atomic E-state index is 0.00614. The molecule has 1 atom stereocenters. The van der Waals surface area contributed by atoms with Crippen LogP contribution in [0.2, 0.25) is 0 Å². The zero-order valence-corrected chi connectivity index (χ0v) is 28.6. The maximum absolute atomic E-state index is 14.1. The zero-order valence-electron chi connectivity index (χ0n) is 28.6. The van der Waals surface area contributed by atoms with E-state index in [9.17, 15) is 19.2 Å². The van der Waals surface area contributed by atoms with Gasteiger partial charge in [-0.15, -0.1) is 0 Å². The Hall–Kier alpha value is -6.37. The van der Waals surface area contributed by atoms with E-state index < -0.39 is 35.7 Å². The number of rotatable bonds is 12. The van der Waals surface area contributed by atoms with Crippen molar-refractivity contribution < 1.29 is 47.5 Å². The highest BCUT2D eigenvalue weighted by atomic mass is 16.6. The molecule has 2 aliphatic rings. The third-order valence-corrected chi connectivity index (χ3v) is 9.18. The first-order valence-electron chi connectivity index (χ1n) is 16.5. The number of esters is 3. The highest BCUT2D eigenvalue weighted by molar-refractivity contribution is 5.90. The lowest BCUT2D eigenvalue weighted by Crippen LogP contribution is -2.48. The van der Waals surface area contributed by atoms with Gasteiger partial charge in [0.15, 0.2) is 13.2 Å². The maximum atomic E-state index is 14.1. The summed E-state index contributed by atoms with van der Waals surface area (Å²) in [4.78, 5) is 58.5. The molecule has 13 heteroatoms. The molecule has 266 valence electrons. The third kappa shape index (κ3) is 6.25. The minimum Gasteiger partial charge on any atom is -0.497 e. The molecule has 0 bridgehead atoms. The van der Waals surface area contributed by atoms with Gasteiger partial charge in [0.05, 0.1) is 43.2 Å². The molecular weight excluding hydrogens is 672 g/mol. The Kier molecular flexibility index (Phi) is 9.24. The summed E-state index contributed by atoms with van der Waals surface area (Å²) in [5.41, 5.74) is 0.990. The number of hydrogen-bond acceptors (Lipinski definition) is 12. The molecule has 3 aromatic carbocycles. The topological polar surface area (TPSA) is 151 Å². The first kappa shape index (κ1) is 34.1. The Balaban J connectivity index is 1.18. The quantitative estimate of drug-likeness (QED) is 0.126. The summed E-state index contributed by atoms with van der Waals surface area (Å²) >= 11 is 0. The molecule has 0 N–H and O–H groups in total. The van der Waals surface area contributed by atoms with E-state index >= 15 is 0 Å². The zero-order chi connectivity index (χ0) is 36.4. The Morgan fingerprint density at radius 3 is 2.08 bits per heavy atom. The van der Waals surface area contributed by atoms with Crippen molar-refractivity contribution in [1.29, 1.82) is 0 Å². The van der Waals surface area contributed by atoms with Crippen molar-refractivity contribution in [2.24, 2.45) is 0 Å². The number of fused-ring (bicyclic) bond motifs is 5. The van der Waals surface area contributed by atoms with Crippen LogP contribution in [0.5, 0.6) is 23.0 Å².